The lowest BCUT2D eigenvalue weighted by Gasteiger charge is -2.27. The first kappa shape index (κ1) is 15.8. The van der Waals surface area contributed by atoms with Crippen LogP contribution in [0.25, 0.3) is 11.3 Å². The molecular formula is C19H21N5O. The van der Waals surface area contributed by atoms with Crippen LogP contribution in [0.4, 0.5) is 11.6 Å². The van der Waals surface area contributed by atoms with Crippen LogP contribution in [0.1, 0.15) is 24.6 Å². The Morgan fingerprint density at radius 1 is 1.20 bits per heavy atom. The third-order valence-electron chi connectivity index (χ3n) is 4.41. The minimum absolute atomic E-state index is 0.648. The zero-order chi connectivity index (χ0) is 17.1. The van der Waals surface area contributed by atoms with Gasteiger partial charge in [-0.2, -0.15) is 0 Å². The first-order valence-corrected chi connectivity index (χ1v) is 8.65. The number of anilines is 2. The van der Waals surface area contributed by atoms with Gasteiger partial charge in [0.2, 0.25) is 5.95 Å². The van der Waals surface area contributed by atoms with Crippen molar-refractivity contribution in [3.8, 4) is 11.3 Å². The number of rotatable bonds is 5. The van der Waals surface area contributed by atoms with Gasteiger partial charge in [-0.15, -0.1) is 0 Å². The van der Waals surface area contributed by atoms with E-state index in [0.29, 0.717) is 5.95 Å². The lowest BCUT2D eigenvalue weighted by Crippen LogP contribution is -2.31. The van der Waals surface area contributed by atoms with E-state index in [1.165, 1.54) is 18.4 Å². The summed E-state index contributed by atoms with van der Waals surface area (Å²) in [4.78, 5) is 15.6. The van der Waals surface area contributed by atoms with Crippen molar-refractivity contribution in [2.75, 3.05) is 18.4 Å². The molecular weight excluding hydrogens is 314 g/mol. The zero-order valence-electron chi connectivity index (χ0n) is 14.3. The third kappa shape index (κ3) is 3.53. The molecule has 1 aliphatic heterocycles. The van der Waals surface area contributed by atoms with Crippen molar-refractivity contribution in [1.82, 2.24) is 19.9 Å². The molecule has 6 heteroatoms. The number of benzene rings is 1. The second kappa shape index (κ2) is 7.03. The second-order valence-corrected chi connectivity index (χ2v) is 6.26. The molecule has 0 unspecified atom stereocenters. The van der Waals surface area contributed by atoms with E-state index in [9.17, 15) is 0 Å². The highest BCUT2D eigenvalue weighted by molar-refractivity contribution is 5.62. The second-order valence-electron chi connectivity index (χ2n) is 6.26. The number of hydrogen-bond donors (Lipinski definition) is 1. The maximum Gasteiger partial charge on any atom is 0.227 e. The third-order valence-corrected chi connectivity index (χ3v) is 4.41. The highest BCUT2D eigenvalue weighted by Crippen LogP contribution is 2.23. The van der Waals surface area contributed by atoms with Crippen molar-refractivity contribution in [3.63, 3.8) is 0 Å². The van der Waals surface area contributed by atoms with Crippen LogP contribution in [0.5, 0.6) is 0 Å². The summed E-state index contributed by atoms with van der Waals surface area (Å²) in [6, 6.07) is 7.96. The minimum atomic E-state index is 0.648. The highest BCUT2D eigenvalue weighted by Gasteiger charge is 2.17. The molecule has 0 aliphatic carbocycles. The Morgan fingerprint density at radius 2 is 2.08 bits per heavy atom. The average molecular weight is 335 g/mol. The van der Waals surface area contributed by atoms with Gasteiger partial charge in [0.05, 0.1) is 11.9 Å². The number of oxazole rings is 1. The molecule has 0 radical (unpaired) electrons. The topological polar surface area (TPSA) is 67.1 Å². The van der Waals surface area contributed by atoms with Crippen LogP contribution in [-0.4, -0.2) is 32.9 Å². The average Bonchev–Trinajstić information content (AvgIpc) is 3.17. The van der Waals surface area contributed by atoms with Gasteiger partial charge in [0.25, 0.3) is 0 Å². The number of nitrogens with zero attached hydrogens (tertiary/aromatic N) is 4. The van der Waals surface area contributed by atoms with Gasteiger partial charge in [-0.25, -0.2) is 15.0 Å². The first-order chi connectivity index (χ1) is 12.3. The van der Waals surface area contributed by atoms with E-state index in [0.717, 1.165) is 48.8 Å². The first-order valence-electron chi connectivity index (χ1n) is 8.65. The van der Waals surface area contributed by atoms with Crippen LogP contribution in [0.15, 0.2) is 47.5 Å². The van der Waals surface area contributed by atoms with Crippen LogP contribution in [0, 0.1) is 0 Å². The Bertz CT molecular complexity index is 830. The van der Waals surface area contributed by atoms with Gasteiger partial charge in [-0.1, -0.05) is 6.92 Å². The fourth-order valence-corrected chi connectivity index (χ4v) is 3.15. The van der Waals surface area contributed by atoms with Crippen LogP contribution >= 0.6 is 0 Å². The molecule has 0 amide bonds. The molecule has 1 N–H and O–H groups in total. The van der Waals surface area contributed by atoms with Crippen molar-refractivity contribution in [2.24, 2.45) is 0 Å². The predicted octanol–water partition coefficient (Wildman–Crippen LogP) is 3.64. The molecule has 3 heterocycles. The standard InChI is InChI=1S/C19H21N5O/c1-2-8-24-9-7-17-15(12-24)10-21-19(23-17)22-16-5-3-14(4-6-16)18-11-20-13-25-18/h3-6,10-11,13H,2,7-9,12H2,1H3,(H,21,22,23). The number of fused-ring (bicyclic) bond motifs is 1. The number of hydrogen-bond acceptors (Lipinski definition) is 6. The van der Waals surface area contributed by atoms with Crippen molar-refractivity contribution in [1.29, 1.82) is 0 Å². The van der Waals surface area contributed by atoms with E-state index < -0.39 is 0 Å². The SMILES string of the molecule is CCCN1CCc2nc(Nc3ccc(-c4cnco4)cc3)ncc2C1. The van der Waals surface area contributed by atoms with Gasteiger partial charge in [-0.3, -0.25) is 4.90 Å². The van der Waals surface area contributed by atoms with E-state index in [-0.39, 0.29) is 0 Å². The summed E-state index contributed by atoms with van der Waals surface area (Å²) in [7, 11) is 0. The summed E-state index contributed by atoms with van der Waals surface area (Å²) in [6.07, 6.45) is 7.26. The summed E-state index contributed by atoms with van der Waals surface area (Å²) in [5, 5.41) is 3.28. The molecule has 1 aromatic carbocycles. The Hall–Kier alpha value is -2.73. The fraction of sp³-hybridized carbons (Fsp3) is 0.316. The highest BCUT2D eigenvalue weighted by atomic mass is 16.3. The van der Waals surface area contributed by atoms with E-state index in [1.54, 1.807) is 6.20 Å². The molecule has 0 spiro atoms. The van der Waals surface area contributed by atoms with Crippen LogP contribution in [0.3, 0.4) is 0 Å². The van der Waals surface area contributed by atoms with Gasteiger partial charge in [0.1, 0.15) is 0 Å². The summed E-state index contributed by atoms with van der Waals surface area (Å²) in [6.45, 7) is 5.38. The summed E-state index contributed by atoms with van der Waals surface area (Å²) < 4.78 is 5.31. The quantitative estimate of drug-likeness (QED) is 0.768. The van der Waals surface area contributed by atoms with Gasteiger partial charge in [0.15, 0.2) is 12.2 Å². The Morgan fingerprint density at radius 3 is 2.84 bits per heavy atom. The molecule has 0 saturated heterocycles. The van der Waals surface area contributed by atoms with E-state index >= 15 is 0 Å². The van der Waals surface area contributed by atoms with Gasteiger partial charge >= 0.3 is 0 Å². The van der Waals surface area contributed by atoms with Crippen LogP contribution < -0.4 is 5.32 Å². The van der Waals surface area contributed by atoms with E-state index in [2.05, 4.69) is 27.1 Å². The smallest absolute Gasteiger partial charge is 0.227 e. The summed E-state index contributed by atoms with van der Waals surface area (Å²) >= 11 is 0. The summed E-state index contributed by atoms with van der Waals surface area (Å²) in [5.41, 5.74) is 4.34. The molecule has 0 saturated carbocycles. The Balaban J connectivity index is 1.46. The monoisotopic (exact) mass is 335 g/mol. The molecule has 3 aromatic rings. The normalized spacial score (nSPS) is 14.3. The molecule has 0 atom stereocenters. The minimum Gasteiger partial charge on any atom is -0.444 e. The lowest BCUT2D eigenvalue weighted by atomic mass is 10.1. The molecule has 128 valence electrons. The van der Waals surface area contributed by atoms with Crippen LogP contribution in [-0.2, 0) is 13.0 Å². The molecule has 25 heavy (non-hydrogen) atoms. The van der Waals surface area contributed by atoms with Crippen molar-refractivity contribution < 1.29 is 4.42 Å². The maximum atomic E-state index is 5.31. The van der Waals surface area contributed by atoms with Gasteiger partial charge in [0, 0.05) is 42.5 Å². The van der Waals surface area contributed by atoms with Crippen molar-refractivity contribution >= 4 is 11.6 Å². The predicted molar refractivity (Wildman–Crippen MR) is 96.5 cm³/mol. The van der Waals surface area contributed by atoms with Gasteiger partial charge < -0.3 is 9.73 Å². The molecule has 2 aromatic heterocycles. The molecule has 6 nitrogen and oxygen atoms in total. The zero-order valence-corrected chi connectivity index (χ0v) is 14.3. The van der Waals surface area contributed by atoms with Crippen molar-refractivity contribution in [2.45, 2.75) is 26.3 Å². The fourth-order valence-electron chi connectivity index (χ4n) is 3.15. The largest absolute Gasteiger partial charge is 0.444 e. The molecule has 4 rings (SSSR count). The maximum absolute atomic E-state index is 5.31. The van der Waals surface area contributed by atoms with Crippen LogP contribution in [0.2, 0.25) is 0 Å². The Kier molecular flexibility index (Phi) is 4.43. The molecule has 0 bridgehead atoms. The van der Waals surface area contributed by atoms with Gasteiger partial charge in [-0.05, 0) is 37.2 Å². The molecule has 1 aliphatic rings. The molecule has 0 fully saturated rings. The van der Waals surface area contributed by atoms with Crippen molar-refractivity contribution in [3.05, 3.63) is 54.3 Å². The van der Waals surface area contributed by atoms with E-state index in [1.807, 2.05) is 30.5 Å². The summed E-state index contributed by atoms with van der Waals surface area (Å²) in [5.74, 6) is 1.41. The number of nitrogens with one attached hydrogen (secondary N) is 1. The van der Waals surface area contributed by atoms with E-state index in [4.69, 9.17) is 9.40 Å². The lowest BCUT2D eigenvalue weighted by molar-refractivity contribution is 0.252. The number of aromatic nitrogens is 3. The Labute approximate surface area is 146 Å².